The summed E-state index contributed by atoms with van der Waals surface area (Å²) in [6.45, 7) is 0.419. The Morgan fingerprint density at radius 3 is 2.70 bits per heavy atom. The van der Waals surface area contributed by atoms with Crippen LogP contribution in [0.4, 0.5) is 0 Å². The molecule has 2 rings (SSSR count). The van der Waals surface area contributed by atoms with Crippen molar-refractivity contribution in [1.29, 1.82) is 0 Å². The number of carbonyl (C=O) groups is 3. The summed E-state index contributed by atoms with van der Waals surface area (Å²) in [5, 5.41) is 11.4. The fourth-order valence-electron chi connectivity index (χ4n) is 2.97. The Kier molecular flexibility index (Phi) is 8.60. The third-order valence-corrected chi connectivity index (χ3v) is 5.41. The molecule has 0 aromatic heterocycles. The molecule has 1 aliphatic rings. The molecule has 148 valence electrons. The zero-order valence-electron chi connectivity index (χ0n) is 15.3. The molecular formula is C19H27N3O4S. The Morgan fingerprint density at radius 1 is 1.26 bits per heavy atom. The Hall–Kier alpha value is -2.06. The first-order chi connectivity index (χ1) is 13.0. The largest absolute Gasteiger partial charge is 0.481 e. The minimum absolute atomic E-state index is 0.0963. The maximum Gasteiger partial charge on any atom is 0.303 e. The lowest BCUT2D eigenvalue weighted by Crippen LogP contribution is -2.48. The quantitative estimate of drug-likeness (QED) is 0.515. The van der Waals surface area contributed by atoms with Crippen LogP contribution in [0.1, 0.15) is 31.2 Å². The van der Waals surface area contributed by atoms with Gasteiger partial charge in [0.15, 0.2) is 0 Å². The number of carboxylic acid groups (broad SMARTS) is 1. The highest BCUT2D eigenvalue weighted by atomic mass is 32.2. The van der Waals surface area contributed by atoms with Gasteiger partial charge in [-0.2, -0.15) is 0 Å². The number of carbonyl (C=O) groups excluding carboxylic acids is 2. The molecule has 1 aliphatic heterocycles. The summed E-state index contributed by atoms with van der Waals surface area (Å²) in [6, 6.07) is 9.02. The number of carboxylic acids is 1. The van der Waals surface area contributed by atoms with Gasteiger partial charge in [0.2, 0.25) is 11.8 Å². The highest BCUT2D eigenvalue weighted by molar-refractivity contribution is 7.99. The third-order valence-electron chi connectivity index (χ3n) is 4.40. The topological polar surface area (TPSA) is 113 Å². The van der Waals surface area contributed by atoms with Gasteiger partial charge < -0.3 is 21.1 Å². The SMILES string of the molecule is N[C@@H](CC(=O)N1CSC[C@H]1C(=O)NCCCCC(=O)O)Cc1ccccc1. The lowest BCUT2D eigenvalue weighted by atomic mass is 10.0. The van der Waals surface area contributed by atoms with Crippen molar-refractivity contribution >= 4 is 29.5 Å². The maximum atomic E-state index is 12.6. The van der Waals surface area contributed by atoms with Gasteiger partial charge in [-0.1, -0.05) is 30.3 Å². The van der Waals surface area contributed by atoms with E-state index in [4.69, 9.17) is 10.8 Å². The van der Waals surface area contributed by atoms with Crippen molar-refractivity contribution in [2.75, 3.05) is 18.2 Å². The van der Waals surface area contributed by atoms with E-state index in [0.717, 1.165) is 5.56 Å². The summed E-state index contributed by atoms with van der Waals surface area (Å²) < 4.78 is 0. The van der Waals surface area contributed by atoms with Crippen molar-refractivity contribution in [3.8, 4) is 0 Å². The molecule has 0 saturated carbocycles. The normalized spacial score (nSPS) is 17.5. The van der Waals surface area contributed by atoms with Crippen molar-refractivity contribution in [2.24, 2.45) is 5.73 Å². The molecule has 2 atom stereocenters. The first kappa shape index (κ1) is 21.2. The van der Waals surface area contributed by atoms with Gasteiger partial charge in [0, 0.05) is 31.2 Å². The number of unbranched alkanes of at least 4 members (excludes halogenated alkanes) is 1. The molecule has 7 nitrogen and oxygen atoms in total. The van der Waals surface area contributed by atoms with Crippen molar-refractivity contribution in [1.82, 2.24) is 10.2 Å². The lowest BCUT2D eigenvalue weighted by Gasteiger charge is -2.24. The summed E-state index contributed by atoms with van der Waals surface area (Å²) >= 11 is 1.55. The van der Waals surface area contributed by atoms with Gasteiger partial charge in [0.1, 0.15) is 6.04 Å². The van der Waals surface area contributed by atoms with E-state index in [0.29, 0.717) is 37.4 Å². The van der Waals surface area contributed by atoms with Crippen molar-refractivity contribution in [2.45, 2.75) is 44.2 Å². The summed E-state index contributed by atoms with van der Waals surface area (Å²) in [5.74, 6) is -0.0545. The summed E-state index contributed by atoms with van der Waals surface area (Å²) in [7, 11) is 0. The first-order valence-corrected chi connectivity index (χ1v) is 10.3. The number of nitrogens with two attached hydrogens (primary N) is 1. The molecule has 0 spiro atoms. The van der Waals surface area contributed by atoms with Crippen LogP contribution in [-0.2, 0) is 20.8 Å². The van der Waals surface area contributed by atoms with Crippen LogP contribution >= 0.6 is 11.8 Å². The predicted molar refractivity (Wildman–Crippen MR) is 105 cm³/mol. The molecule has 8 heteroatoms. The molecular weight excluding hydrogens is 366 g/mol. The van der Waals surface area contributed by atoms with Gasteiger partial charge in [-0.3, -0.25) is 14.4 Å². The van der Waals surface area contributed by atoms with E-state index in [9.17, 15) is 14.4 Å². The maximum absolute atomic E-state index is 12.6. The second kappa shape index (κ2) is 10.9. The standard InChI is InChI=1S/C19H27N3O4S/c20-15(10-14-6-2-1-3-7-14)11-17(23)22-13-27-12-16(22)19(26)21-9-5-4-8-18(24)25/h1-3,6-7,15-16H,4-5,8-13,20H2,(H,21,26)(H,24,25)/t15-,16+/m1/s1. The number of benzene rings is 1. The first-order valence-electron chi connectivity index (χ1n) is 9.13. The molecule has 1 saturated heterocycles. The number of hydrogen-bond donors (Lipinski definition) is 3. The summed E-state index contributed by atoms with van der Waals surface area (Å²) in [4.78, 5) is 37.0. The van der Waals surface area contributed by atoms with Crippen LogP contribution in [0.5, 0.6) is 0 Å². The minimum atomic E-state index is -0.836. The number of nitrogens with one attached hydrogen (secondary N) is 1. The van der Waals surface area contributed by atoms with Gasteiger partial charge in [-0.05, 0) is 24.8 Å². The van der Waals surface area contributed by atoms with E-state index in [1.807, 2.05) is 30.3 Å². The molecule has 1 aromatic carbocycles. The van der Waals surface area contributed by atoms with Gasteiger partial charge in [0.05, 0.1) is 5.88 Å². The molecule has 27 heavy (non-hydrogen) atoms. The molecule has 1 heterocycles. The van der Waals surface area contributed by atoms with E-state index in [-0.39, 0.29) is 30.7 Å². The van der Waals surface area contributed by atoms with E-state index in [2.05, 4.69) is 5.32 Å². The number of thioether (sulfide) groups is 1. The van der Waals surface area contributed by atoms with Gasteiger partial charge in [-0.25, -0.2) is 0 Å². The van der Waals surface area contributed by atoms with Gasteiger partial charge in [0.25, 0.3) is 0 Å². The molecule has 1 aromatic rings. The molecule has 2 amide bonds. The van der Waals surface area contributed by atoms with Crippen LogP contribution in [0.25, 0.3) is 0 Å². The number of hydrogen-bond acceptors (Lipinski definition) is 5. The van der Waals surface area contributed by atoms with Crippen LogP contribution in [-0.4, -0.2) is 58.0 Å². The summed E-state index contributed by atoms with van der Waals surface area (Å²) in [6.07, 6.45) is 2.05. The number of rotatable bonds is 10. The minimum Gasteiger partial charge on any atom is -0.481 e. The molecule has 1 fully saturated rings. The van der Waals surface area contributed by atoms with Crippen molar-refractivity contribution in [3.05, 3.63) is 35.9 Å². The highest BCUT2D eigenvalue weighted by Crippen LogP contribution is 2.22. The van der Waals surface area contributed by atoms with Crippen LogP contribution in [0, 0.1) is 0 Å². The molecule has 0 aliphatic carbocycles. The second-order valence-electron chi connectivity index (χ2n) is 6.68. The Balaban J connectivity index is 1.77. The Labute approximate surface area is 163 Å². The molecule has 0 radical (unpaired) electrons. The van der Waals surface area contributed by atoms with Gasteiger partial charge >= 0.3 is 5.97 Å². The van der Waals surface area contributed by atoms with Crippen molar-refractivity contribution in [3.63, 3.8) is 0 Å². The zero-order chi connectivity index (χ0) is 19.6. The number of nitrogens with zero attached hydrogens (tertiary/aromatic N) is 1. The smallest absolute Gasteiger partial charge is 0.303 e. The molecule has 0 bridgehead atoms. The fraction of sp³-hybridized carbons (Fsp3) is 0.526. The Bertz CT molecular complexity index is 641. The van der Waals surface area contributed by atoms with Gasteiger partial charge in [-0.15, -0.1) is 11.8 Å². The lowest BCUT2D eigenvalue weighted by molar-refractivity contribution is -0.138. The van der Waals surface area contributed by atoms with E-state index < -0.39 is 12.0 Å². The van der Waals surface area contributed by atoms with E-state index >= 15 is 0 Å². The molecule has 0 unspecified atom stereocenters. The number of aliphatic carboxylic acids is 1. The summed E-state index contributed by atoms with van der Waals surface area (Å²) in [5.41, 5.74) is 7.22. The molecule has 4 N–H and O–H groups in total. The average Bonchev–Trinajstić information content (AvgIpc) is 3.11. The predicted octanol–water partition coefficient (Wildman–Crippen LogP) is 1.22. The monoisotopic (exact) mass is 393 g/mol. The average molecular weight is 394 g/mol. The van der Waals surface area contributed by atoms with Crippen LogP contribution in [0.3, 0.4) is 0 Å². The highest BCUT2D eigenvalue weighted by Gasteiger charge is 2.34. The second-order valence-corrected chi connectivity index (χ2v) is 7.67. The number of amides is 2. The van der Waals surface area contributed by atoms with Crippen LogP contribution < -0.4 is 11.1 Å². The van der Waals surface area contributed by atoms with Crippen LogP contribution in [0.15, 0.2) is 30.3 Å². The Morgan fingerprint density at radius 2 is 2.00 bits per heavy atom. The van der Waals surface area contributed by atoms with E-state index in [1.54, 1.807) is 16.7 Å². The van der Waals surface area contributed by atoms with Crippen molar-refractivity contribution < 1.29 is 19.5 Å². The fourth-order valence-corrected chi connectivity index (χ4v) is 4.15. The third kappa shape index (κ3) is 7.22. The van der Waals surface area contributed by atoms with Crippen LogP contribution in [0.2, 0.25) is 0 Å². The van der Waals surface area contributed by atoms with E-state index in [1.165, 1.54) is 0 Å². The zero-order valence-corrected chi connectivity index (χ0v) is 16.1.